The molecular formula is C14H15FN4O2. The zero-order chi connectivity index (χ0) is 15.4. The second-order valence-corrected chi connectivity index (χ2v) is 4.34. The van der Waals surface area contributed by atoms with Gasteiger partial charge in [0.2, 0.25) is 0 Å². The van der Waals surface area contributed by atoms with Crippen LogP contribution in [0.25, 0.3) is 0 Å². The van der Waals surface area contributed by atoms with Gasteiger partial charge in [0, 0.05) is 12.4 Å². The number of anilines is 1. The highest BCUT2D eigenvalue weighted by Crippen LogP contribution is 2.27. The molecule has 6 nitrogen and oxygen atoms in total. The van der Waals surface area contributed by atoms with E-state index in [1.165, 1.54) is 31.6 Å². The zero-order valence-electron chi connectivity index (χ0n) is 11.6. The number of amides is 1. The van der Waals surface area contributed by atoms with E-state index in [2.05, 4.69) is 15.3 Å². The molecule has 2 rings (SSSR count). The van der Waals surface area contributed by atoms with Crippen LogP contribution in [0, 0.1) is 5.82 Å². The zero-order valence-corrected chi connectivity index (χ0v) is 11.6. The van der Waals surface area contributed by atoms with Crippen molar-refractivity contribution in [1.82, 2.24) is 15.3 Å². The van der Waals surface area contributed by atoms with Crippen molar-refractivity contribution in [2.24, 2.45) is 0 Å². The number of methoxy groups -OCH3 is 1. The number of halogens is 1. The first-order valence-electron chi connectivity index (χ1n) is 6.24. The van der Waals surface area contributed by atoms with Gasteiger partial charge in [-0.05, 0) is 19.1 Å². The van der Waals surface area contributed by atoms with E-state index < -0.39 is 17.8 Å². The van der Waals surface area contributed by atoms with Crippen LogP contribution in [0.1, 0.15) is 29.0 Å². The van der Waals surface area contributed by atoms with Crippen LogP contribution in [0.4, 0.5) is 10.2 Å². The van der Waals surface area contributed by atoms with Crippen LogP contribution in [0.3, 0.4) is 0 Å². The van der Waals surface area contributed by atoms with Crippen molar-refractivity contribution in [2.75, 3.05) is 12.8 Å². The molecule has 0 bridgehead atoms. The van der Waals surface area contributed by atoms with Crippen molar-refractivity contribution in [2.45, 2.75) is 13.0 Å². The Bertz CT molecular complexity index is 663. The van der Waals surface area contributed by atoms with Gasteiger partial charge >= 0.3 is 0 Å². The summed E-state index contributed by atoms with van der Waals surface area (Å²) in [6.45, 7) is 1.64. The molecule has 7 heteroatoms. The van der Waals surface area contributed by atoms with Gasteiger partial charge in [-0.3, -0.25) is 4.79 Å². The fourth-order valence-corrected chi connectivity index (χ4v) is 1.98. The Hall–Kier alpha value is -2.70. The molecule has 1 aromatic heterocycles. The molecule has 1 heterocycles. The Kier molecular flexibility index (Phi) is 4.32. The van der Waals surface area contributed by atoms with Crippen molar-refractivity contribution < 1.29 is 13.9 Å². The Morgan fingerprint density at radius 3 is 2.76 bits per heavy atom. The van der Waals surface area contributed by atoms with Gasteiger partial charge in [-0.25, -0.2) is 14.4 Å². The van der Waals surface area contributed by atoms with Crippen LogP contribution in [-0.2, 0) is 0 Å². The lowest BCUT2D eigenvalue weighted by atomic mass is 10.1. The molecule has 0 fully saturated rings. The molecule has 0 aliphatic rings. The minimum absolute atomic E-state index is 0.000318. The van der Waals surface area contributed by atoms with E-state index in [9.17, 15) is 9.18 Å². The summed E-state index contributed by atoms with van der Waals surface area (Å²) >= 11 is 0. The third-order valence-electron chi connectivity index (χ3n) is 2.96. The molecule has 0 radical (unpaired) electrons. The Balaban J connectivity index is 2.25. The number of carbonyl (C=O) groups is 1. The number of ether oxygens (including phenoxy) is 1. The lowest BCUT2D eigenvalue weighted by Gasteiger charge is -2.18. The van der Waals surface area contributed by atoms with Gasteiger partial charge in [0.1, 0.15) is 11.6 Å². The van der Waals surface area contributed by atoms with Gasteiger partial charge in [0.15, 0.2) is 11.5 Å². The number of nitrogens with two attached hydrogens (primary N) is 1. The maximum Gasteiger partial charge on any atom is 0.274 e. The van der Waals surface area contributed by atoms with Crippen LogP contribution in [0.5, 0.6) is 5.75 Å². The monoisotopic (exact) mass is 290 g/mol. The summed E-state index contributed by atoms with van der Waals surface area (Å²) in [5.41, 5.74) is 5.85. The summed E-state index contributed by atoms with van der Waals surface area (Å²) in [6.07, 6.45) is 2.75. The number of nitrogen functional groups attached to an aromatic ring is 1. The number of hydrogen-bond acceptors (Lipinski definition) is 5. The van der Waals surface area contributed by atoms with Gasteiger partial charge in [0.05, 0.1) is 18.7 Å². The summed E-state index contributed by atoms with van der Waals surface area (Å²) in [5, 5.41) is 2.63. The first-order valence-corrected chi connectivity index (χ1v) is 6.24. The Labute approximate surface area is 121 Å². The first-order chi connectivity index (χ1) is 10.0. The number of rotatable bonds is 4. The molecule has 110 valence electrons. The SMILES string of the molecule is COc1cccc(F)c1[C@@H](C)NC(=O)c1nccnc1N. The van der Waals surface area contributed by atoms with E-state index in [-0.39, 0.29) is 17.1 Å². The molecule has 0 saturated heterocycles. The van der Waals surface area contributed by atoms with Crippen molar-refractivity contribution in [3.63, 3.8) is 0 Å². The number of nitrogens with zero attached hydrogens (tertiary/aromatic N) is 2. The fourth-order valence-electron chi connectivity index (χ4n) is 1.98. The molecule has 0 spiro atoms. The molecule has 2 aromatic rings. The summed E-state index contributed by atoms with van der Waals surface area (Å²) in [5.74, 6) is -0.620. The average molecular weight is 290 g/mol. The maximum absolute atomic E-state index is 13.9. The third-order valence-corrected chi connectivity index (χ3v) is 2.96. The predicted octanol–water partition coefficient (Wildman–Crippen LogP) is 1.70. The molecule has 0 saturated carbocycles. The standard InChI is InChI=1S/C14H15FN4O2/c1-8(11-9(15)4-3-5-10(11)21-2)19-14(20)12-13(16)18-7-6-17-12/h3-8H,1-2H3,(H2,16,18)(H,19,20)/t8-/m1/s1. The van der Waals surface area contributed by atoms with Crippen molar-refractivity contribution in [3.8, 4) is 5.75 Å². The molecular weight excluding hydrogens is 275 g/mol. The van der Waals surface area contributed by atoms with Crippen LogP contribution in [-0.4, -0.2) is 23.0 Å². The summed E-state index contributed by atoms with van der Waals surface area (Å²) in [6, 6.07) is 3.84. The third kappa shape index (κ3) is 3.07. The van der Waals surface area contributed by atoms with E-state index in [1.54, 1.807) is 13.0 Å². The summed E-state index contributed by atoms with van der Waals surface area (Å²) < 4.78 is 19.1. The molecule has 1 aromatic carbocycles. The van der Waals surface area contributed by atoms with Crippen molar-refractivity contribution >= 4 is 11.7 Å². The molecule has 1 atom stereocenters. The van der Waals surface area contributed by atoms with Gasteiger partial charge in [-0.1, -0.05) is 6.07 Å². The number of hydrogen-bond donors (Lipinski definition) is 2. The van der Waals surface area contributed by atoms with E-state index in [1.807, 2.05) is 0 Å². The Morgan fingerprint density at radius 1 is 1.38 bits per heavy atom. The molecule has 0 unspecified atom stereocenters. The van der Waals surface area contributed by atoms with E-state index >= 15 is 0 Å². The van der Waals surface area contributed by atoms with Crippen LogP contribution < -0.4 is 15.8 Å². The fraction of sp³-hybridized carbons (Fsp3) is 0.214. The minimum atomic E-state index is -0.616. The second kappa shape index (κ2) is 6.17. The number of carbonyl (C=O) groups excluding carboxylic acids is 1. The Morgan fingerprint density at radius 2 is 2.10 bits per heavy atom. The lowest BCUT2D eigenvalue weighted by molar-refractivity contribution is 0.0934. The molecule has 1 amide bonds. The average Bonchev–Trinajstić information content (AvgIpc) is 2.46. The van der Waals surface area contributed by atoms with Crippen LogP contribution >= 0.6 is 0 Å². The smallest absolute Gasteiger partial charge is 0.274 e. The maximum atomic E-state index is 13.9. The van der Waals surface area contributed by atoms with Crippen LogP contribution in [0.15, 0.2) is 30.6 Å². The second-order valence-electron chi connectivity index (χ2n) is 4.34. The largest absolute Gasteiger partial charge is 0.496 e. The predicted molar refractivity (Wildman–Crippen MR) is 75.3 cm³/mol. The highest BCUT2D eigenvalue weighted by atomic mass is 19.1. The van der Waals surface area contributed by atoms with Gasteiger partial charge in [-0.2, -0.15) is 0 Å². The highest BCUT2D eigenvalue weighted by Gasteiger charge is 2.20. The number of benzene rings is 1. The van der Waals surface area contributed by atoms with E-state index in [0.29, 0.717) is 5.75 Å². The summed E-state index contributed by atoms with van der Waals surface area (Å²) in [7, 11) is 1.44. The molecule has 3 N–H and O–H groups in total. The molecule has 0 aliphatic heterocycles. The van der Waals surface area contributed by atoms with Crippen molar-refractivity contribution in [1.29, 1.82) is 0 Å². The van der Waals surface area contributed by atoms with Gasteiger partial charge < -0.3 is 15.8 Å². The summed E-state index contributed by atoms with van der Waals surface area (Å²) in [4.78, 5) is 19.8. The van der Waals surface area contributed by atoms with Gasteiger partial charge in [0.25, 0.3) is 5.91 Å². The van der Waals surface area contributed by atoms with E-state index in [0.717, 1.165) is 0 Å². The topological polar surface area (TPSA) is 90.1 Å². The first kappa shape index (κ1) is 14.7. The van der Waals surface area contributed by atoms with Crippen molar-refractivity contribution in [3.05, 3.63) is 47.7 Å². The van der Waals surface area contributed by atoms with Crippen LogP contribution in [0.2, 0.25) is 0 Å². The van der Waals surface area contributed by atoms with Gasteiger partial charge in [-0.15, -0.1) is 0 Å². The minimum Gasteiger partial charge on any atom is -0.496 e. The molecule has 21 heavy (non-hydrogen) atoms. The number of nitrogens with one attached hydrogen (secondary N) is 1. The normalized spacial score (nSPS) is 11.8. The van der Waals surface area contributed by atoms with E-state index in [4.69, 9.17) is 10.5 Å². The lowest BCUT2D eigenvalue weighted by Crippen LogP contribution is -2.29. The molecule has 0 aliphatic carbocycles. The quantitative estimate of drug-likeness (QED) is 0.894. The number of aromatic nitrogens is 2. The highest BCUT2D eigenvalue weighted by molar-refractivity contribution is 5.96.